The number of nitriles is 1. The lowest BCUT2D eigenvalue weighted by Crippen LogP contribution is -2.27. The van der Waals surface area contributed by atoms with E-state index in [4.69, 9.17) is 5.26 Å². The molecule has 0 saturated carbocycles. The number of aromatic nitrogens is 1. The highest BCUT2D eigenvalue weighted by Gasteiger charge is 2.10. The van der Waals surface area contributed by atoms with Crippen molar-refractivity contribution in [2.75, 3.05) is 6.54 Å². The Balaban J connectivity index is 2.28. The van der Waals surface area contributed by atoms with Crippen molar-refractivity contribution in [1.29, 1.82) is 5.26 Å². The molecule has 0 saturated heterocycles. The molecule has 1 aromatic heterocycles. The van der Waals surface area contributed by atoms with Gasteiger partial charge in [-0.15, -0.1) is 0 Å². The molecule has 96 valence electrons. The molecule has 1 N–H and O–H groups in total. The normalized spacial score (nSPS) is 10.1. The molecule has 2 rings (SSSR count). The van der Waals surface area contributed by atoms with E-state index in [0.29, 0.717) is 5.52 Å². The minimum atomic E-state index is -0.480. The smallest absolute Gasteiger partial charge is 0.271 e. The number of hydrogen-bond donors (Lipinski definition) is 1. The Hall–Kier alpha value is -2.88. The molecule has 0 unspecified atom stereocenters. The summed E-state index contributed by atoms with van der Waals surface area (Å²) in [6.07, 6.45) is 1.68. The highest BCUT2D eigenvalue weighted by Crippen LogP contribution is 2.21. The molecule has 0 aliphatic heterocycles. The van der Waals surface area contributed by atoms with Crippen LogP contribution in [-0.2, 0) is 11.3 Å². The number of hydrogen-bond acceptors (Lipinski definition) is 4. The van der Waals surface area contributed by atoms with E-state index in [-0.39, 0.29) is 24.7 Å². The summed E-state index contributed by atoms with van der Waals surface area (Å²) >= 11 is 0. The van der Waals surface area contributed by atoms with Crippen LogP contribution in [0.15, 0.2) is 30.5 Å². The number of rotatable bonds is 4. The Bertz CT molecular complexity index is 684. The second-order valence-electron chi connectivity index (χ2n) is 3.88. The minimum Gasteiger partial charge on any atom is -0.341 e. The number of nitro groups is 1. The van der Waals surface area contributed by atoms with Crippen LogP contribution in [0.1, 0.15) is 0 Å². The maximum atomic E-state index is 11.5. The van der Waals surface area contributed by atoms with Gasteiger partial charge in [0.1, 0.15) is 13.1 Å². The SMILES string of the molecule is N#CCNC(=O)Cn1ccc2ccc([N+](=O)[O-])cc21. The molecule has 1 heterocycles. The number of nitrogens with zero attached hydrogens (tertiary/aromatic N) is 3. The summed E-state index contributed by atoms with van der Waals surface area (Å²) in [6.45, 7) is -0.0372. The van der Waals surface area contributed by atoms with E-state index in [2.05, 4.69) is 5.32 Å². The first kappa shape index (κ1) is 12.6. The third-order valence-corrected chi connectivity index (χ3v) is 2.65. The third-order valence-electron chi connectivity index (χ3n) is 2.65. The zero-order chi connectivity index (χ0) is 13.8. The van der Waals surface area contributed by atoms with E-state index in [1.54, 1.807) is 22.9 Å². The topological polar surface area (TPSA) is 101 Å². The highest BCUT2D eigenvalue weighted by molar-refractivity contribution is 5.85. The van der Waals surface area contributed by atoms with Gasteiger partial charge in [0.15, 0.2) is 0 Å². The minimum absolute atomic E-state index is 0.0202. The number of fused-ring (bicyclic) bond motifs is 1. The number of nitro benzene ring substituents is 1. The second-order valence-corrected chi connectivity index (χ2v) is 3.88. The Labute approximate surface area is 108 Å². The fourth-order valence-corrected chi connectivity index (χ4v) is 1.77. The zero-order valence-electron chi connectivity index (χ0n) is 9.87. The monoisotopic (exact) mass is 258 g/mol. The van der Waals surface area contributed by atoms with Crippen LogP contribution in [0.4, 0.5) is 5.69 Å². The van der Waals surface area contributed by atoms with Gasteiger partial charge in [-0.25, -0.2) is 0 Å². The van der Waals surface area contributed by atoms with Crippen LogP contribution in [0.25, 0.3) is 10.9 Å². The maximum absolute atomic E-state index is 11.5. The molecule has 0 spiro atoms. The molecule has 1 aromatic carbocycles. The van der Waals surface area contributed by atoms with Gasteiger partial charge >= 0.3 is 0 Å². The van der Waals surface area contributed by atoms with Crippen LogP contribution in [0, 0.1) is 21.4 Å². The lowest BCUT2D eigenvalue weighted by molar-refractivity contribution is -0.384. The Kier molecular flexibility index (Phi) is 3.43. The largest absolute Gasteiger partial charge is 0.341 e. The molecule has 0 aliphatic carbocycles. The number of amides is 1. The van der Waals surface area contributed by atoms with E-state index < -0.39 is 4.92 Å². The Morgan fingerprint density at radius 3 is 2.95 bits per heavy atom. The first-order chi connectivity index (χ1) is 9.11. The molecule has 0 aliphatic rings. The quantitative estimate of drug-likeness (QED) is 0.505. The maximum Gasteiger partial charge on any atom is 0.271 e. The van der Waals surface area contributed by atoms with Crippen LogP contribution in [0.2, 0.25) is 0 Å². The summed E-state index contributed by atoms with van der Waals surface area (Å²) < 4.78 is 1.61. The van der Waals surface area contributed by atoms with Gasteiger partial charge in [-0.3, -0.25) is 14.9 Å². The Morgan fingerprint density at radius 2 is 2.26 bits per heavy atom. The Morgan fingerprint density at radius 1 is 1.47 bits per heavy atom. The van der Waals surface area contributed by atoms with Crippen molar-refractivity contribution in [1.82, 2.24) is 9.88 Å². The molecular formula is C12H10N4O3. The molecule has 0 fully saturated rings. The average molecular weight is 258 g/mol. The van der Waals surface area contributed by atoms with Crippen LogP contribution in [0.3, 0.4) is 0 Å². The number of carbonyl (C=O) groups excluding carboxylic acids is 1. The first-order valence-electron chi connectivity index (χ1n) is 5.49. The summed E-state index contributed by atoms with van der Waals surface area (Å²) in [7, 11) is 0. The number of benzene rings is 1. The zero-order valence-corrected chi connectivity index (χ0v) is 9.87. The molecule has 0 radical (unpaired) electrons. The van der Waals surface area contributed by atoms with E-state index in [9.17, 15) is 14.9 Å². The second kappa shape index (κ2) is 5.18. The van der Waals surface area contributed by atoms with Gasteiger partial charge in [0.25, 0.3) is 5.69 Å². The molecule has 2 aromatic rings. The van der Waals surface area contributed by atoms with Crippen LogP contribution in [-0.4, -0.2) is 21.9 Å². The van der Waals surface area contributed by atoms with E-state index in [1.807, 2.05) is 6.07 Å². The summed E-state index contributed by atoms with van der Waals surface area (Å²) in [5, 5.41) is 22.3. The van der Waals surface area contributed by atoms with Crippen molar-refractivity contribution in [2.24, 2.45) is 0 Å². The fourth-order valence-electron chi connectivity index (χ4n) is 1.77. The molecule has 19 heavy (non-hydrogen) atoms. The molecular weight excluding hydrogens is 248 g/mol. The lowest BCUT2D eigenvalue weighted by Gasteiger charge is -2.04. The predicted molar refractivity (Wildman–Crippen MR) is 67.2 cm³/mol. The summed E-state index contributed by atoms with van der Waals surface area (Å²) in [5.41, 5.74) is 0.589. The van der Waals surface area contributed by atoms with E-state index >= 15 is 0 Å². The lowest BCUT2D eigenvalue weighted by atomic mass is 10.2. The number of nitrogens with one attached hydrogen (secondary N) is 1. The van der Waals surface area contributed by atoms with Gasteiger partial charge in [-0.1, -0.05) is 0 Å². The van der Waals surface area contributed by atoms with Gasteiger partial charge in [0.05, 0.1) is 16.5 Å². The van der Waals surface area contributed by atoms with Gasteiger partial charge in [0.2, 0.25) is 5.91 Å². The summed E-state index contributed by atoms with van der Waals surface area (Å²) in [4.78, 5) is 21.8. The van der Waals surface area contributed by atoms with E-state index in [1.165, 1.54) is 12.1 Å². The van der Waals surface area contributed by atoms with E-state index in [0.717, 1.165) is 5.39 Å². The fraction of sp³-hybridized carbons (Fsp3) is 0.167. The number of non-ortho nitro benzene ring substituents is 1. The molecule has 1 amide bonds. The summed E-state index contributed by atoms with van der Waals surface area (Å²) in [5.74, 6) is -0.314. The summed E-state index contributed by atoms with van der Waals surface area (Å²) in [6, 6.07) is 8.06. The van der Waals surface area contributed by atoms with Crippen molar-refractivity contribution >= 4 is 22.5 Å². The highest BCUT2D eigenvalue weighted by atomic mass is 16.6. The van der Waals surface area contributed by atoms with Crippen LogP contribution < -0.4 is 5.32 Å². The standard InChI is InChI=1S/C12H10N4O3/c13-4-5-14-12(17)8-15-6-3-9-1-2-10(16(18)19)7-11(9)15/h1-3,6-7H,5,8H2,(H,14,17). The number of carbonyl (C=O) groups is 1. The van der Waals surface area contributed by atoms with Gasteiger partial charge < -0.3 is 9.88 Å². The van der Waals surface area contributed by atoms with Crippen molar-refractivity contribution in [2.45, 2.75) is 6.54 Å². The van der Waals surface area contributed by atoms with Gasteiger partial charge in [-0.05, 0) is 12.1 Å². The molecule has 7 heteroatoms. The predicted octanol–water partition coefficient (Wildman–Crippen LogP) is 1.19. The first-order valence-corrected chi connectivity index (χ1v) is 5.49. The third kappa shape index (κ3) is 2.69. The molecule has 0 bridgehead atoms. The van der Waals surface area contributed by atoms with Gasteiger partial charge in [-0.2, -0.15) is 5.26 Å². The van der Waals surface area contributed by atoms with Crippen molar-refractivity contribution in [3.8, 4) is 6.07 Å². The van der Waals surface area contributed by atoms with Gasteiger partial charge in [0, 0.05) is 23.7 Å². The van der Waals surface area contributed by atoms with Crippen molar-refractivity contribution in [3.63, 3.8) is 0 Å². The van der Waals surface area contributed by atoms with Crippen molar-refractivity contribution < 1.29 is 9.72 Å². The van der Waals surface area contributed by atoms with Crippen molar-refractivity contribution in [3.05, 3.63) is 40.6 Å². The van der Waals surface area contributed by atoms with Crippen LogP contribution in [0.5, 0.6) is 0 Å². The van der Waals surface area contributed by atoms with Crippen LogP contribution >= 0.6 is 0 Å². The average Bonchev–Trinajstić information content (AvgIpc) is 2.78. The molecule has 0 atom stereocenters. The molecule has 7 nitrogen and oxygen atoms in total.